The molecule has 0 aliphatic rings. The summed E-state index contributed by atoms with van der Waals surface area (Å²) < 4.78 is 18.0. The van der Waals surface area contributed by atoms with Gasteiger partial charge in [0.2, 0.25) is 11.6 Å². The summed E-state index contributed by atoms with van der Waals surface area (Å²) in [6.45, 7) is 0. The highest BCUT2D eigenvalue weighted by molar-refractivity contribution is 5.87. The predicted molar refractivity (Wildman–Crippen MR) is 77.8 cm³/mol. The van der Waals surface area contributed by atoms with Gasteiger partial charge >= 0.3 is 5.97 Å². The van der Waals surface area contributed by atoms with Crippen LogP contribution in [0.2, 0.25) is 0 Å². The van der Waals surface area contributed by atoms with Crippen LogP contribution in [0, 0.1) is 17.8 Å². The minimum atomic E-state index is -1.25. The molecule has 1 aromatic carbocycles. The first-order chi connectivity index (χ1) is 11.6. The second-order valence-corrected chi connectivity index (χ2v) is 4.40. The molecule has 0 saturated heterocycles. The van der Waals surface area contributed by atoms with Crippen LogP contribution in [-0.2, 0) is 0 Å². The molecule has 3 aromatic rings. The molecule has 8 nitrogen and oxygen atoms in total. The Morgan fingerprint density at radius 3 is 2.62 bits per heavy atom. The summed E-state index contributed by atoms with van der Waals surface area (Å²) in [5, 5.41) is 18.1. The van der Waals surface area contributed by atoms with Crippen molar-refractivity contribution >= 4 is 5.97 Å². The summed E-state index contributed by atoms with van der Waals surface area (Å²) in [6, 6.07) is 6.55. The standard InChI is InChI=1S/C15H8FN5O3/c16-12-8-17-10(7-18-12)4-1-9-2-5-11(6-3-9)24-14-13(15(22)23)19-21-20-14/h2-3,5-8H,(H,22,23)(H,19,20,21). The van der Waals surface area contributed by atoms with Gasteiger partial charge in [-0.1, -0.05) is 11.1 Å². The van der Waals surface area contributed by atoms with Crippen molar-refractivity contribution in [2.24, 2.45) is 0 Å². The van der Waals surface area contributed by atoms with E-state index in [0.29, 0.717) is 17.0 Å². The number of benzene rings is 1. The molecule has 0 saturated carbocycles. The van der Waals surface area contributed by atoms with Crippen LogP contribution in [0.3, 0.4) is 0 Å². The highest BCUT2D eigenvalue weighted by atomic mass is 19.1. The number of aromatic carboxylic acids is 1. The van der Waals surface area contributed by atoms with Gasteiger partial charge in [-0.3, -0.25) is 0 Å². The highest BCUT2D eigenvalue weighted by Gasteiger charge is 2.16. The Morgan fingerprint density at radius 1 is 1.17 bits per heavy atom. The van der Waals surface area contributed by atoms with Crippen LogP contribution in [0.4, 0.5) is 4.39 Å². The number of nitrogens with one attached hydrogen (secondary N) is 1. The molecule has 0 aliphatic carbocycles. The lowest BCUT2D eigenvalue weighted by atomic mass is 10.2. The minimum Gasteiger partial charge on any atom is -0.476 e. The normalized spacial score (nSPS) is 9.88. The lowest BCUT2D eigenvalue weighted by Gasteiger charge is -2.02. The largest absolute Gasteiger partial charge is 0.476 e. The van der Waals surface area contributed by atoms with Gasteiger partial charge in [-0.05, 0) is 30.2 Å². The fraction of sp³-hybridized carbons (Fsp3) is 0. The van der Waals surface area contributed by atoms with Crippen LogP contribution in [0.1, 0.15) is 21.7 Å². The average molecular weight is 325 g/mol. The third kappa shape index (κ3) is 3.50. The molecule has 2 N–H and O–H groups in total. The van der Waals surface area contributed by atoms with E-state index in [1.165, 1.54) is 6.20 Å². The SMILES string of the molecule is O=C(O)c1nn[nH]c1Oc1ccc(C#Cc2cnc(F)cn2)cc1. The van der Waals surface area contributed by atoms with Gasteiger partial charge < -0.3 is 9.84 Å². The van der Waals surface area contributed by atoms with Crippen molar-refractivity contribution in [2.75, 3.05) is 0 Å². The van der Waals surface area contributed by atoms with E-state index in [9.17, 15) is 9.18 Å². The summed E-state index contributed by atoms with van der Waals surface area (Å²) >= 11 is 0. The summed E-state index contributed by atoms with van der Waals surface area (Å²) in [6.07, 6.45) is 2.22. The number of halogens is 1. The number of carbonyl (C=O) groups is 1. The molecule has 9 heteroatoms. The molecule has 0 bridgehead atoms. The van der Waals surface area contributed by atoms with Crippen molar-refractivity contribution in [3.8, 4) is 23.5 Å². The molecule has 0 unspecified atom stereocenters. The zero-order valence-electron chi connectivity index (χ0n) is 11.9. The van der Waals surface area contributed by atoms with E-state index in [1.54, 1.807) is 24.3 Å². The number of carboxylic acid groups (broad SMARTS) is 1. The summed E-state index contributed by atoms with van der Waals surface area (Å²) in [5.74, 6) is 3.98. The third-order valence-electron chi connectivity index (χ3n) is 2.75. The fourth-order valence-electron chi connectivity index (χ4n) is 1.67. The third-order valence-corrected chi connectivity index (χ3v) is 2.75. The fourth-order valence-corrected chi connectivity index (χ4v) is 1.67. The first-order valence-corrected chi connectivity index (χ1v) is 6.53. The van der Waals surface area contributed by atoms with Crippen LogP contribution in [0.15, 0.2) is 36.7 Å². The zero-order chi connectivity index (χ0) is 16.9. The lowest BCUT2D eigenvalue weighted by Crippen LogP contribution is -1.99. The van der Waals surface area contributed by atoms with Crippen molar-refractivity contribution in [1.82, 2.24) is 25.4 Å². The van der Waals surface area contributed by atoms with Crippen molar-refractivity contribution in [3.63, 3.8) is 0 Å². The molecule has 118 valence electrons. The second kappa shape index (κ2) is 6.53. The Hall–Kier alpha value is -3.80. The van der Waals surface area contributed by atoms with Crippen LogP contribution in [0.5, 0.6) is 11.6 Å². The first kappa shape index (κ1) is 15.1. The summed E-state index contributed by atoms with van der Waals surface area (Å²) in [4.78, 5) is 18.1. The van der Waals surface area contributed by atoms with Crippen LogP contribution >= 0.6 is 0 Å². The lowest BCUT2D eigenvalue weighted by molar-refractivity contribution is 0.0687. The number of H-pyrrole nitrogens is 1. The van der Waals surface area contributed by atoms with Gasteiger partial charge in [-0.15, -0.1) is 5.10 Å². The van der Waals surface area contributed by atoms with Crippen LogP contribution in [0.25, 0.3) is 0 Å². The molecule has 0 amide bonds. The van der Waals surface area contributed by atoms with E-state index in [4.69, 9.17) is 9.84 Å². The Morgan fingerprint density at radius 2 is 1.96 bits per heavy atom. The maximum atomic E-state index is 12.6. The van der Waals surface area contributed by atoms with E-state index < -0.39 is 11.9 Å². The number of hydrogen-bond donors (Lipinski definition) is 2. The van der Waals surface area contributed by atoms with E-state index >= 15 is 0 Å². The van der Waals surface area contributed by atoms with Crippen molar-refractivity contribution < 1.29 is 19.0 Å². The molecule has 0 aliphatic heterocycles. The van der Waals surface area contributed by atoms with Crippen molar-refractivity contribution in [1.29, 1.82) is 0 Å². The predicted octanol–water partition coefficient (Wildman–Crippen LogP) is 1.62. The molecular formula is C15H8FN5O3. The number of hydrogen-bond acceptors (Lipinski definition) is 6. The maximum Gasteiger partial charge on any atom is 0.362 e. The Kier molecular flexibility index (Phi) is 4.11. The summed E-state index contributed by atoms with van der Waals surface area (Å²) in [7, 11) is 0. The van der Waals surface area contributed by atoms with Gasteiger partial charge in [-0.25, -0.2) is 19.9 Å². The molecule has 0 atom stereocenters. The molecule has 3 rings (SSSR count). The molecule has 2 heterocycles. The Labute approximate surface area is 134 Å². The molecule has 24 heavy (non-hydrogen) atoms. The Bertz CT molecular complexity index is 926. The monoisotopic (exact) mass is 325 g/mol. The number of rotatable bonds is 3. The number of ether oxygens (including phenoxy) is 1. The van der Waals surface area contributed by atoms with Gasteiger partial charge in [0.25, 0.3) is 5.88 Å². The Balaban J connectivity index is 1.73. The quantitative estimate of drug-likeness (QED) is 0.703. The topological polar surface area (TPSA) is 114 Å². The second-order valence-electron chi connectivity index (χ2n) is 4.40. The van der Waals surface area contributed by atoms with Gasteiger partial charge in [-0.2, -0.15) is 4.39 Å². The maximum absolute atomic E-state index is 12.6. The minimum absolute atomic E-state index is 0.0667. The smallest absolute Gasteiger partial charge is 0.362 e. The number of aromatic nitrogens is 5. The van der Waals surface area contributed by atoms with Gasteiger partial charge in [0, 0.05) is 5.56 Å². The van der Waals surface area contributed by atoms with Gasteiger partial charge in [0.05, 0.1) is 12.4 Å². The first-order valence-electron chi connectivity index (χ1n) is 6.53. The average Bonchev–Trinajstić information content (AvgIpc) is 3.04. The zero-order valence-corrected chi connectivity index (χ0v) is 11.9. The van der Waals surface area contributed by atoms with E-state index in [-0.39, 0.29) is 11.6 Å². The van der Waals surface area contributed by atoms with Crippen molar-refractivity contribution in [2.45, 2.75) is 0 Å². The highest BCUT2D eigenvalue weighted by Crippen LogP contribution is 2.21. The number of carboxylic acids is 1. The van der Waals surface area contributed by atoms with Crippen LogP contribution in [-0.4, -0.2) is 36.5 Å². The van der Waals surface area contributed by atoms with E-state index in [1.807, 2.05) is 0 Å². The van der Waals surface area contributed by atoms with Crippen LogP contribution < -0.4 is 4.74 Å². The summed E-state index contributed by atoms with van der Waals surface area (Å²) in [5.41, 5.74) is 0.690. The number of aromatic amines is 1. The molecule has 2 aromatic heterocycles. The molecule has 0 spiro atoms. The number of nitrogens with zero attached hydrogens (tertiary/aromatic N) is 4. The van der Waals surface area contributed by atoms with Crippen molar-refractivity contribution in [3.05, 3.63) is 59.6 Å². The van der Waals surface area contributed by atoms with E-state index in [2.05, 4.69) is 37.2 Å². The van der Waals surface area contributed by atoms with Gasteiger partial charge in [0.1, 0.15) is 11.4 Å². The van der Waals surface area contributed by atoms with Gasteiger partial charge in [0.15, 0.2) is 0 Å². The molecule has 0 fully saturated rings. The molecule has 0 radical (unpaired) electrons. The molecular weight excluding hydrogens is 317 g/mol. The van der Waals surface area contributed by atoms with E-state index in [0.717, 1.165) is 6.20 Å².